The van der Waals surface area contributed by atoms with Gasteiger partial charge in [-0.25, -0.2) is 0 Å². The third-order valence-corrected chi connectivity index (χ3v) is 5.31. The minimum Gasteiger partial charge on any atom is -0.306 e. The summed E-state index contributed by atoms with van der Waals surface area (Å²) in [7, 11) is 4.12. The van der Waals surface area contributed by atoms with Crippen LogP contribution in [0.3, 0.4) is 0 Å². The van der Waals surface area contributed by atoms with Crippen LogP contribution in [-0.2, 0) is 11.2 Å². The van der Waals surface area contributed by atoms with Gasteiger partial charge in [0.15, 0.2) is 0 Å². The lowest BCUT2D eigenvalue weighted by Crippen LogP contribution is -2.48. The van der Waals surface area contributed by atoms with Crippen molar-refractivity contribution < 1.29 is 4.79 Å². The van der Waals surface area contributed by atoms with E-state index in [-0.39, 0.29) is 11.8 Å². The fourth-order valence-electron chi connectivity index (χ4n) is 3.63. The highest BCUT2D eigenvalue weighted by molar-refractivity contribution is 6.42. The van der Waals surface area contributed by atoms with E-state index in [1.165, 1.54) is 5.56 Å². The van der Waals surface area contributed by atoms with Crippen LogP contribution >= 0.6 is 23.2 Å². The highest BCUT2D eigenvalue weighted by atomic mass is 35.5. The lowest BCUT2D eigenvalue weighted by Gasteiger charge is -2.42. The summed E-state index contributed by atoms with van der Waals surface area (Å²) < 4.78 is 0. The van der Waals surface area contributed by atoms with Gasteiger partial charge in [0.2, 0.25) is 0 Å². The van der Waals surface area contributed by atoms with Crippen LogP contribution in [0, 0.1) is 5.92 Å². The summed E-state index contributed by atoms with van der Waals surface area (Å²) >= 11 is 12.2. The average Bonchev–Trinajstić information content (AvgIpc) is 2.33. The maximum absolute atomic E-state index is 12.6. The molecule has 0 saturated heterocycles. The minimum atomic E-state index is 0.0275. The summed E-state index contributed by atoms with van der Waals surface area (Å²) in [6.45, 7) is 0. The summed E-state index contributed by atoms with van der Waals surface area (Å²) in [5.74, 6) is 0.522. The minimum absolute atomic E-state index is 0.0275. The summed E-state index contributed by atoms with van der Waals surface area (Å²) in [4.78, 5) is 14.8. The number of ketones is 1. The van der Waals surface area contributed by atoms with Crippen LogP contribution in [0.4, 0.5) is 0 Å². The first-order chi connectivity index (χ1) is 8.99. The molecule has 3 rings (SSSR count). The van der Waals surface area contributed by atoms with Crippen molar-refractivity contribution in [2.24, 2.45) is 5.92 Å². The third kappa shape index (κ3) is 2.10. The molecular weight excluding hydrogens is 281 g/mol. The smallest absolute Gasteiger partial charge is 0.145 e. The number of rotatable bonds is 1. The van der Waals surface area contributed by atoms with Crippen molar-refractivity contribution in [2.75, 3.05) is 14.1 Å². The molecule has 2 aliphatic rings. The van der Waals surface area contributed by atoms with Gasteiger partial charge in [-0.1, -0.05) is 23.2 Å². The number of nitrogens with zero attached hydrogens (tertiary/aromatic N) is 1. The molecule has 0 N–H and O–H groups in total. The van der Waals surface area contributed by atoms with Crippen LogP contribution in [-0.4, -0.2) is 30.8 Å². The van der Waals surface area contributed by atoms with Crippen LogP contribution in [0.15, 0.2) is 12.1 Å². The molecule has 2 bridgehead atoms. The van der Waals surface area contributed by atoms with Crippen molar-refractivity contribution in [3.05, 3.63) is 33.3 Å². The lowest BCUT2D eigenvalue weighted by molar-refractivity contribution is -0.129. The predicted molar refractivity (Wildman–Crippen MR) is 78.1 cm³/mol. The van der Waals surface area contributed by atoms with E-state index in [4.69, 9.17) is 23.2 Å². The second-order valence-electron chi connectivity index (χ2n) is 5.84. The Bertz CT molecular complexity index is 541. The molecule has 0 radical (unpaired) electrons. The molecule has 2 aliphatic carbocycles. The van der Waals surface area contributed by atoms with Gasteiger partial charge >= 0.3 is 0 Å². The molecule has 4 heteroatoms. The highest BCUT2D eigenvalue weighted by Crippen LogP contribution is 2.44. The normalized spacial score (nSPS) is 29.5. The van der Waals surface area contributed by atoms with Gasteiger partial charge in [0, 0.05) is 17.9 Å². The van der Waals surface area contributed by atoms with Crippen LogP contribution in [0.25, 0.3) is 0 Å². The predicted octanol–water partition coefficient (Wildman–Crippen LogP) is 3.54. The second kappa shape index (κ2) is 4.76. The SMILES string of the molecule is CN(C)[C@H]1CC[C@H]2C(=O)[C@@H]1Cc1cc(Cl)c(Cl)cc12. The molecule has 1 saturated carbocycles. The fraction of sp³-hybridized carbons (Fsp3) is 0.533. The molecule has 0 amide bonds. The molecule has 1 aromatic carbocycles. The summed E-state index contributed by atoms with van der Waals surface area (Å²) in [5.41, 5.74) is 2.31. The summed E-state index contributed by atoms with van der Waals surface area (Å²) in [6.07, 6.45) is 2.79. The Balaban J connectivity index is 2.06. The van der Waals surface area contributed by atoms with E-state index < -0.39 is 0 Å². The van der Waals surface area contributed by atoms with E-state index in [2.05, 4.69) is 19.0 Å². The van der Waals surface area contributed by atoms with Gasteiger partial charge in [-0.3, -0.25) is 4.79 Å². The molecular formula is C15H17Cl2NO. The van der Waals surface area contributed by atoms with Gasteiger partial charge in [-0.15, -0.1) is 0 Å². The lowest BCUT2D eigenvalue weighted by atomic mass is 9.66. The molecule has 3 atom stereocenters. The van der Waals surface area contributed by atoms with Crippen molar-refractivity contribution in [2.45, 2.75) is 31.2 Å². The van der Waals surface area contributed by atoms with E-state index in [9.17, 15) is 4.79 Å². The number of hydrogen-bond donors (Lipinski definition) is 0. The first-order valence-electron chi connectivity index (χ1n) is 6.67. The molecule has 19 heavy (non-hydrogen) atoms. The molecule has 1 fully saturated rings. The van der Waals surface area contributed by atoms with E-state index >= 15 is 0 Å². The number of fused-ring (bicyclic) bond motifs is 4. The van der Waals surface area contributed by atoms with Crippen molar-refractivity contribution >= 4 is 29.0 Å². The van der Waals surface area contributed by atoms with Gasteiger partial charge < -0.3 is 4.90 Å². The van der Waals surface area contributed by atoms with Gasteiger partial charge in [0.25, 0.3) is 0 Å². The first-order valence-corrected chi connectivity index (χ1v) is 7.42. The molecule has 0 unspecified atom stereocenters. The average molecular weight is 298 g/mol. The Hall–Kier alpha value is -0.570. The van der Waals surface area contributed by atoms with Gasteiger partial charge in [0.05, 0.1) is 10.0 Å². The zero-order chi connectivity index (χ0) is 13.7. The molecule has 102 valence electrons. The molecule has 2 nitrogen and oxygen atoms in total. The Morgan fingerprint density at radius 1 is 1.16 bits per heavy atom. The summed E-state index contributed by atoms with van der Waals surface area (Å²) in [6, 6.07) is 4.20. The van der Waals surface area contributed by atoms with E-state index in [0.717, 1.165) is 24.8 Å². The number of hydrogen-bond acceptors (Lipinski definition) is 2. The maximum Gasteiger partial charge on any atom is 0.145 e. The number of Topliss-reactive ketones (excluding diaryl/α,β-unsaturated/α-hetero) is 1. The maximum atomic E-state index is 12.6. The zero-order valence-corrected chi connectivity index (χ0v) is 12.6. The van der Waals surface area contributed by atoms with Crippen molar-refractivity contribution in [3.8, 4) is 0 Å². The van der Waals surface area contributed by atoms with E-state index in [1.54, 1.807) is 0 Å². The third-order valence-electron chi connectivity index (χ3n) is 4.59. The molecule has 0 aromatic heterocycles. The van der Waals surface area contributed by atoms with Crippen LogP contribution in [0.5, 0.6) is 0 Å². The Kier molecular flexibility index (Phi) is 3.36. The van der Waals surface area contributed by atoms with Crippen molar-refractivity contribution in [1.82, 2.24) is 4.90 Å². The van der Waals surface area contributed by atoms with E-state index in [0.29, 0.717) is 21.9 Å². The van der Waals surface area contributed by atoms with Crippen molar-refractivity contribution in [3.63, 3.8) is 0 Å². The molecule has 1 aromatic rings. The van der Waals surface area contributed by atoms with Gasteiger partial charge in [-0.2, -0.15) is 0 Å². The Morgan fingerprint density at radius 2 is 1.84 bits per heavy atom. The molecule has 0 heterocycles. The van der Waals surface area contributed by atoms with Crippen molar-refractivity contribution in [1.29, 1.82) is 0 Å². The highest BCUT2D eigenvalue weighted by Gasteiger charge is 2.44. The Labute approximate surface area is 123 Å². The number of benzene rings is 1. The number of halogens is 2. The topological polar surface area (TPSA) is 20.3 Å². The van der Waals surface area contributed by atoms with Gasteiger partial charge in [0.1, 0.15) is 5.78 Å². The second-order valence-corrected chi connectivity index (χ2v) is 6.65. The quantitative estimate of drug-likeness (QED) is 0.790. The number of carbonyl (C=O) groups is 1. The molecule has 0 aliphatic heterocycles. The largest absolute Gasteiger partial charge is 0.306 e. The van der Waals surface area contributed by atoms with Gasteiger partial charge in [-0.05, 0) is 56.6 Å². The van der Waals surface area contributed by atoms with Crippen LogP contribution < -0.4 is 0 Å². The monoisotopic (exact) mass is 297 g/mol. The number of carbonyl (C=O) groups excluding carboxylic acids is 1. The Morgan fingerprint density at radius 3 is 2.53 bits per heavy atom. The van der Waals surface area contributed by atoms with E-state index in [1.807, 2.05) is 12.1 Å². The first kappa shape index (κ1) is 13.4. The molecule has 0 spiro atoms. The zero-order valence-electron chi connectivity index (χ0n) is 11.1. The standard InChI is InChI=1S/C15H17Cl2NO/c1-18(2)14-4-3-9-10-7-13(17)12(16)6-8(10)5-11(14)15(9)19/h6-7,9,11,14H,3-5H2,1-2H3/t9-,11-,14+/m1/s1. The summed E-state index contributed by atoms with van der Waals surface area (Å²) in [5, 5.41) is 1.15. The fourth-order valence-corrected chi connectivity index (χ4v) is 3.99. The van der Waals surface area contributed by atoms with Crippen LogP contribution in [0.1, 0.15) is 29.9 Å². The van der Waals surface area contributed by atoms with Crippen LogP contribution in [0.2, 0.25) is 10.0 Å².